The second-order valence-corrected chi connectivity index (χ2v) is 7.35. The molecule has 0 radical (unpaired) electrons. The van der Waals surface area contributed by atoms with E-state index in [4.69, 9.17) is 0 Å². The van der Waals surface area contributed by atoms with Crippen LogP contribution >= 0.6 is 0 Å². The van der Waals surface area contributed by atoms with E-state index in [-0.39, 0.29) is 11.2 Å². The van der Waals surface area contributed by atoms with Crippen LogP contribution in [0.1, 0.15) is 27.7 Å². The van der Waals surface area contributed by atoms with Gasteiger partial charge in [0, 0.05) is 0 Å². The monoisotopic (exact) mass is 264 g/mol. The van der Waals surface area contributed by atoms with Gasteiger partial charge in [-0.2, -0.15) is 0 Å². The highest BCUT2D eigenvalue weighted by molar-refractivity contribution is 7.91. The fraction of sp³-hybridized carbons (Fsp3) is 0.400. The summed E-state index contributed by atoms with van der Waals surface area (Å²) < 4.78 is 24.0. The van der Waals surface area contributed by atoms with Crippen molar-refractivity contribution in [1.82, 2.24) is 0 Å². The van der Waals surface area contributed by atoms with E-state index in [1.54, 1.807) is 36.4 Å². The molecule has 0 aliphatic heterocycles. The van der Waals surface area contributed by atoms with E-state index in [0.717, 1.165) is 5.57 Å². The first-order valence-electron chi connectivity index (χ1n) is 5.93. The Bertz CT molecular complexity index is 554. The number of hydrogen-bond donors (Lipinski definition) is 0. The molecule has 0 amide bonds. The number of hydrogen-bond acceptors (Lipinski definition) is 2. The lowest BCUT2D eigenvalue weighted by atomic mass is 9.88. The minimum Gasteiger partial charge on any atom is -0.223 e. The molecule has 18 heavy (non-hydrogen) atoms. The maximum atomic E-state index is 12.0. The number of sulfone groups is 1. The molecule has 98 valence electrons. The van der Waals surface area contributed by atoms with Gasteiger partial charge < -0.3 is 0 Å². The third kappa shape index (κ3) is 4.17. The number of rotatable bonds is 3. The van der Waals surface area contributed by atoms with Gasteiger partial charge in [-0.3, -0.25) is 0 Å². The predicted octanol–water partition coefficient (Wildman–Crippen LogP) is 3.61. The Kier molecular flexibility index (Phi) is 4.55. The van der Waals surface area contributed by atoms with Crippen molar-refractivity contribution in [2.24, 2.45) is 5.41 Å². The van der Waals surface area contributed by atoms with E-state index in [2.05, 4.69) is 26.5 Å². The molecule has 0 bridgehead atoms. The van der Waals surface area contributed by atoms with Gasteiger partial charge in [-0.05, 0) is 36.1 Å². The molecule has 0 fully saturated rings. The second-order valence-electron chi connectivity index (χ2n) is 5.32. The fourth-order valence-corrected chi connectivity index (χ4v) is 2.31. The van der Waals surface area contributed by atoms with Gasteiger partial charge in [0.15, 0.2) is 9.84 Å². The first-order valence-corrected chi connectivity index (χ1v) is 7.59. The molecule has 0 saturated carbocycles. The molecule has 1 rings (SSSR count). The summed E-state index contributed by atoms with van der Waals surface area (Å²) in [5.41, 5.74) is 4.13. The van der Waals surface area contributed by atoms with Gasteiger partial charge in [0.05, 0.1) is 10.6 Å². The summed E-state index contributed by atoms with van der Waals surface area (Å²) in [6, 6.07) is 8.49. The van der Waals surface area contributed by atoms with Crippen LogP contribution in [0.2, 0.25) is 0 Å². The van der Waals surface area contributed by atoms with Crippen molar-refractivity contribution < 1.29 is 8.42 Å². The highest BCUT2D eigenvalue weighted by Crippen LogP contribution is 2.23. The van der Waals surface area contributed by atoms with Gasteiger partial charge in [0.2, 0.25) is 0 Å². The average Bonchev–Trinajstić information content (AvgIpc) is 2.28. The van der Waals surface area contributed by atoms with Gasteiger partial charge in [-0.1, -0.05) is 39.0 Å². The molecule has 0 heterocycles. The lowest BCUT2D eigenvalue weighted by Crippen LogP contribution is -2.06. The summed E-state index contributed by atoms with van der Waals surface area (Å²) >= 11 is 0. The SMILES string of the molecule is CC(=C=CCS(=O)(=O)c1ccccc1)C(C)(C)C. The molecule has 0 atom stereocenters. The van der Waals surface area contributed by atoms with Crippen LogP contribution < -0.4 is 0 Å². The van der Waals surface area contributed by atoms with Crippen molar-refractivity contribution in [1.29, 1.82) is 0 Å². The van der Waals surface area contributed by atoms with Crippen molar-refractivity contribution in [3.8, 4) is 0 Å². The van der Waals surface area contributed by atoms with Crippen molar-refractivity contribution in [2.45, 2.75) is 32.6 Å². The minimum atomic E-state index is -3.23. The molecule has 0 unspecified atom stereocenters. The van der Waals surface area contributed by atoms with Crippen LogP contribution in [0.3, 0.4) is 0 Å². The van der Waals surface area contributed by atoms with Gasteiger partial charge in [-0.25, -0.2) is 8.42 Å². The smallest absolute Gasteiger partial charge is 0.182 e. The Balaban J connectivity index is 2.91. The van der Waals surface area contributed by atoms with E-state index in [1.165, 1.54) is 0 Å². The molecule has 0 saturated heterocycles. The predicted molar refractivity (Wildman–Crippen MR) is 75.2 cm³/mol. The molecule has 3 heteroatoms. The Labute approximate surface area is 110 Å². The lowest BCUT2D eigenvalue weighted by molar-refractivity contribution is 0.505. The average molecular weight is 264 g/mol. The van der Waals surface area contributed by atoms with E-state index in [9.17, 15) is 8.42 Å². The topological polar surface area (TPSA) is 34.1 Å². The Morgan fingerprint density at radius 3 is 2.28 bits per heavy atom. The highest BCUT2D eigenvalue weighted by atomic mass is 32.2. The lowest BCUT2D eigenvalue weighted by Gasteiger charge is -2.16. The number of benzene rings is 1. The van der Waals surface area contributed by atoms with Crippen LogP contribution in [0.5, 0.6) is 0 Å². The summed E-state index contributed by atoms with van der Waals surface area (Å²) in [7, 11) is -3.23. The van der Waals surface area contributed by atoms with E-state index < -0.39 is 9.84 Å². The first-order chi connectivity index (χ1) is 8.23. The molecule has 0 spiro atoms. The zero-order valence-corrected chi connectivity index (χ0v) is 12.2. The van der Waals surface area contributed by atoms with E-state index >= 15 is 0 Å². The van der Waals surface area contributed by atoms with Crippen molar-refractivity contribution in [3.05, 3.63) is 47.7 Å². The molecule has 0 N–H and O–H groups in total. The summed E-state index contributed by atoms with van der Waals surface area (Å²) in [6.45, 7) is 8.20. The minimum absolute atomic E-state index is 0.00949. The molecular formula is C15H20O2S. The van der Waals surface area contributed by atoms with Crippen LogP contribution in [-0.4, -0.2) is 14.2 Å². The molecule has 0 aromatic heterocycles. The van der Waals surface area contributed by atoms with E-state index in [1.807, 2.05) is 6.92 Å². The fourth-order valence-electron chi connectivity index (χ4n) is 1.25. The maximum Gasteiger partial charge on any atom is 0.182 e. The quantitative estimate of drug-likeness (QED) is 0.782. The maximum absolute atomic E-state index is 12.0. The first kappa shape index (κ1) is 14.7. The molecule has 2 nitrogen and oxygen atoms in total. The third-order valence-corrected chi connectivity index (χ3v) is 4.44. The van der Waals surface area contributed by atoms with Gasteiger partial charge in [-0.15, -0.1) is 5.73 Å². The summed E-state index contributed by atoms with van der Waals surface area (Å²) in [5.74, 6) is -0.00949. The Hall–Kier alpha value is -1.31. The van der Waals surface area contributed by atoms with E-state index in [0.29, 0.717) is 4.90 Å². The zero-order valence-electron chi connectivity index (χ0n) is 11.4. The highest BCUT2D eigenvalue weighted by Gasteiger charge is 2.13. The Morgan fingerprint density at radius 2 is 1.78 bits per heavy atom. The van der Waals surface area contributed by atoms with Crippen molar-refractivity contribution in [3.63, 3.8) is 0 Å². The third-order valence-electron chi connectivity index (χ3n) is 2.85. The van der Waals surface area contributed by atoms with Gasteiger partial charge in [0.1, 0.15) is 0 Å². The van der Waals surface area contributed by atoms with Crippen molar-refractivity contribution in [2.75, 3.05) is 5.75 Å². The zero-order chi connectivity index (χ0) is 13.8. The molecule has 1 aromatic rings. The van der Waals surface area contributed by atoms with Crippen LogP contribution in [0.4, 0.5) is 0 Å². The largest absolute Gasteiger partial charge is 0.223 e. The summed E-state index contributed by atoms with van der Waals surface area (Å²) in [6.07, 6.45) is 1.60. The summed E-state index contributed by atoms with van der Waals surface area (Å²) in [5, 5.41) is 0. The second kappa shape index (κ2) is 5.55. The standard InChI is InChI=1S/C15H20O2S/c1-13(15(2,3)4)9-8-12-18(16,17)14-10-6-5-7-11-14/h5-8,10-11H,12H2,1-4H3. The van der Waals surface area contributed by atoms with Crippen LogP contribution in [0.25, 0.3) is 0 Å². The summed E-state index contributed by atoms with van der Waals surface area (Å²) in [4.78, 5) is 0.358. The molecule has 0 aliphatic rings. The Morgan fingerprint density at radius 1 is 1.22 bits per heavy atom. The van der Waals surface area contributed by atoms with Crippen LogP contribution in [-0.2, 0) is 9.84 Å². The molecular weight excluding hydrogens is 244 g/mol. The van der Waals surface area contributed by atoms with Crippen molar-refractivity contribution >= 4 is 9.84 Å². The van der Waals surface area contributed by atoms with Crippen LogP contribution in [0.15, 0.2) is 52.6 Å². The molecule has 1 aromatic carbocycles. The van der Waals surface area contributed by atoms with Gasteiger partial charge >= 0.3 is 0 Å². The molecule has 0 aliphatic carbocycles. The van der Waals surface area contributed by atoms with Crippen LogP contribution in [0, 0.1) is 5.41 Å². The normalized spacial score (nSPS) is 11.8. The van der Waals surface area contributed by atoms with Gasteiger partial charge in [0.25, 0.3) is 0 Å².